The van der Waals surface area contributed by atoms with Gasteiger partial charge >= 0.3 is 5.97 Å². The number of esters is 1. The monoisotopic (exact) mass is 445 g/mol. The second-order valence-electron chi connectivity index (χ2n) is 6.06. The summed E-state index contributed by atoms with van der Waals surface area (Å²) in [6, 6.07) is 14.3. The van der Waals surface area contributed by atoms with E-state index in [4.69, 9.17) is 18.7 Å². The number of hydrogen-bond acceptors (Lipinski definition) is 6. The number of carbonyl (C=O) groups is 1. The van der Waals surface area contributed by atoms with E-state index in [1.54, 1.807) is 24.3 Å². The normalized spacial score (nSPS) is 10.5. The van der Waals surface area contributed by atoms with Gasteiger partial charge in [0.05, 0.1) is 16.8 Å². The first-order chi connectivity index (χ1) is 13.5. The van der Waals surface area contributed by atoms with Crippen LogP contribution in [0, 0.1) is 13.8 Å². The molecule has 0 aliphatic rings. The predicted molar refractivity (Wildman–Crippen MR) is 107 cm³/mol. The van der Waals surface area contributed by atoms with Gasteiger partial charge in [0.15, 0.2) is 0 Å². The Kier molecular flexibility index (Phi) is 6.71. The number of halogens is 1. The molecule has 6 nitrogen and oxygen atoms in total. The summed E-state index contributed by atoms with van der Waals surface area (Å²) < 4.78 is 22.7. The van der Waals surface area contributed by atoms with E-state index in [0.717, 1.165) is 21.5 Å². The Hall–Kier alpha value is -2.80. The zero-order valence-electron chi connectivity index (χ0n) is 15.6. The number of carbonyl (C=O) groups excluding carboxylic acids is 1. The molecule has 7 heteroatoms. The van der Waals surface area contributed by atoms with Gasteiger partial charge in [-0.1, -0.05) is 27.2 Å². The summed E-state index contributed by atoms with van der Waals surface area (Å²) in [6.07, 6.45) is 0. The number of ether oxygens (including phenoxy) is 3. The van der Waals surface area contributed by atoms with Gasteiger partial charge in [0, 0.05) is 4.47 Å². The van der Waals surface area contributed by atoms with Crippen molar-refractivity contribution in [1.29, 1.82) is 0 Å². The number of rotatable bonds is 8. The largest absolute Gasteiger partial charge is 0.490 e. The Balaban J connectivity index is 1.48. The van der Waals surface area contributed by atoms with Gasteiger partial charge in [-0.2, -0.15) is 0 Å². The first kappa shape index (κ1) is 19.9. The molecule has 0 saturated carbocycles. The minimum atomic E-state index is -0.429. The number of nitrogens with zero attached hydrogens (tertiary/aromatic N) is 1. The lowest BCUT2D eigenvalue weighted by Gasteiger charge is -2.09. The molecule has 0 spiro atoms. The van der Waals surface area contributed by atoms with Gasteiger partial charge in [-0.25, -0.2) is 4.79 Å². The second kappa shape index (κ2) is 9.41. The first-order valence-electron chi connectivity index (χ1n) is 8.73. The maximum atomic E-state index is 12.2. The highest BCUT2D eigenvalue weighted by atomic mass is 79.9. The quantitative estimate of drug-likeness (QED) is 0.363. The molecule has 2 aromatic carbocycles. The molecule has 0 N–H and O–H groups in total. The molecule has 0 aliphatic carbocycles. The molecule has 0 atom stereocenters. The van der Waals surface area contributed by atoms with Crippen LogP contribution in [-0.2, 0) is 11.3 Å². The number of aryl methyl sites for hydroxylation is 2. The Morgan fingerprint density at radius 2 is 1.82 bits per heavy atom. The SMILES string of the molecule is Cc1noc(C)c1COc1cccc(C(=O)OCCOc2ccc(Br)cc2)c1. The van der Waals surface area contributed by atoms with Crippen LogP contribution in [0.15, 0.2) is 57.5 Å². The standard InChI is InChI=1S/C21H20BrNO5/c1-14-20(15(2)28-23-14)13-27-19-5-3-4-16(12-19)21(24)26-11-10-25-18-8-6-17(22)7-9-18/h3-9,12H,10-11,13H2,1-2H3. The Morgan fingerprint density at radius 3 is 2.54 bits per heavy atom. The fourth-order valence-electron chi connectivity index (χ4n) is 2.48. The molecule has 1 aromatic heterocycles. The molecule has 1 heterocycles. The molecule has 0 saturated heterocycles. The van der Waals surface area contributed by atoms with Crippen molar-refractivity contribution in [3.8, 4) is 11.5 Å². The predicted octanol–water partition coefficient (Wildman–Crippen LogP) is 4.87. The van der Waals surface area contributed by atoms with Crippen LogP contribution in [0.1, 0.15) is 27.4 Å². The van der Waals surface area contributed by atoms with Crippen molar-refractivity contribution in [3.05, 3.63) is 75.6 Å². The molecular weight excluding hydrogens is 426 g/mol. The van der Waals surface area contributed by atoms with E-state index >= 15 is 0 Å². The third-order valence-corrected chi connectivity index (χ3v) is 4.56. The Bertz CT molecular complexity index is 917. The molecule has 0 fully saturated rings. The van der Waals surface area contributed by atoms with Gasteiger partial charge in [0.25, 0.3) is 0 Å². The van der Waals surface area contributed by atoms with E-state index < -0.39 is 5.97 Å². The summed E-state index contributed by atoms with van der Waals surface area (Å²) in [5.41, 5.74) is 2.11. The highest BCUT2D eigenvalue weighted by molar-refractivity contribution is 9.10. The maximum Gasteiger partial charge on any atom is 0.338 e. The fourth-order valence-corrected chi connectivity index (χ4v) is 2.75. The van der Waals surface area contributed by atoms with E-state index in [1.165, 1.54) is 0 Å². The lowest BCUT2D eigenvalue weighted by Crippen LogP contribution is -2.12. The van der Waals surface area contributed by atoms with E-state index in [0.29, 0.717) is 23.7 Å². The second-order valence-corrected chi connectivity index (χ2v) is 6.97. The lowest BCUT2D eigenvalue weighted by molar-refractivity contribution is 0.0450. The summed E-state index contributed by atoms with van der Waals surface area (Å²) in [5, 5.41) is 3.90. The Morgan fingerprint density at radius 1 is 1.04 bits per heavy atom. The highest BCUT2D eigenvalue weighted by Gasteiger charge is 2.11. The van der Waals surface area contributed by atoms with Crippen molar-refractivity contribution in [1.82, 2.24) is 5.16 Å². The van der Waals surface area contributed by atoms with Crippen LogP contribution in [0.5, 0.6) is 11.5 Å². The van der Waals surface area contributed by atoms with Crippen LogP contribution in [0.25, 0.3) is 0 Å². The average molecular weight is 446 g/mol. The molecular formula is C21H20BrNO5. The summed E-state index contributed by atoms with van der Waals surface area (Å²) in [4.78, 5) is 12.2. The third-order valence-electron chi connectivity index (χ3n) is 4.03. The van der Waals surface area contributed by atoms with Gasteiger partial charge in [-0.3, -0.25) is 0 Å². The topological polar surface area (TPSA) is 70.8 Å². The van der Waals surface area contributed by atoms with Crippen LogP contribution in [-0.4, -0.2) is 24.3 Å². The van der Waals surface area contributed by atoms with Crippen molar-refractivity contribution in [3.63, 3.8) is 0 Å². The van der Waals surface area contributed by atoms with Gasteiger partial charge < -0.3 is 18.7 Å². The third kappa shape index (κ3) is 5.36. The molecule has 0 bridgehead atoms. The average Bonchev–Trinajstić information content (AvgIpc) is 3.02. The number of aromatic nitrogens is 1. The van der Waals surface area contributed by atoms with Crippen LogP contribution < -0.4 is 9.47 Å². The van der Waals surface area contributed by atoms with Crippen molar-refractivity contribution in [2.75, 3.05) is 13.2 Å². The smallest absolute Gasteiger partial charge is 0.338 e. The van der Waals surface area contributed by atoms with Crippen molar-refractivity contribution < 1.29 is 23.5 Å². The fraction of sp³-hybridized carbons (Fsp3) is 0.238. The summed E-state index contributed by atoms with van der Waals surface area (Å²) in [7, 11) is 0. The van der Waals surface area contributed by atoms with Gasteiger partial charge in [0.1, 0.15) is 37.1 Å². The van der Waals surface area contributed by atoms with Crippen molar-refractivity contribution in [2.45, 2.75) is 20.5 Å². The maximum absolute atomic E-state index is 12.2. The minimum Gasteiger partial charge on any atom is -0.490 e. The molecule has 28 heavy (non-hydrogen) atoms. The molecule has 3 rings (SSSR count). The summed E-state index contributed by atoms with van der Waals surface area (Å²) >= 11 is 3.36. The van der Waals surface area contributed by atoms with Crippen molar-refractivity contribution in [2.24, 2.45) is 0 Å². The zero-order chi connectivity index (χ0) is 19.9. The lowest BCUT2D eigenvalue weighted by atomic mass is 10.2. The number of benzene rings is 2. The molecule has 0 radical (unpaired) electrons. The van der Waals surface area contributed by atoms with Crippen LogP contribution >= 0.6 is 15.9 Å². The zero-order valence-corrected chi connectivity index (χ0v) is 17.2. The summed E-state index contributed by atoms with van der Waals surface area (Å²) in [6.45, 7) is 4.44. The molecule has 0 aliphatic heterocycles. The minimum absolute atomic E-state index is 0.152. The van der Waals surface area contributed by atoms with Crippen LogP contribution in [0.4, 0.5) is 0 Å². The molecule has 0 unspecified atom stereocenters. The van der Waals surface area contributed by atoms with Gasteiger partial charge in [-0.15, -0.1) is 0 Å². The van der Waals surface area contributed by atoms with Crippen LogP contribution in [0.3, 0.4) is 0 Å². The van der Waals surface area contributed by atoms with E-state index in [-0.39, 0.29) is 13.2 Å². The molecule has 0 amide bonds. The van der Waals surface area contributed by atoms with Gasteiger partial charge in [0.2, 0.25) is 0 Å². The first-order valence-corrected chi connectivity index (χ1v) is 9.52. The molecule has 146 valence electrons. The van der Waals surface area contributed by atoms with E-state index in [9.17, 15) is 4.79 Å². The van der Waals surface area contributed by atoms with Crippen molar-refractivity contribution >= 4 is 21.9 Å². The van der Waals surface area contributed by atoms with Gasteiger partial charge in [-0.05, 0) is 56.3 Å². The highest BCUT2D eigenvalue weighted by Crippen LogP contribution is 2.19. The Labute approximate surface area is 171 Å². The van der Waals surface area contributed by atoms with E-state index in [2.05, 4.69) is 21.1 Å². The van der Waals surface area contributed by atoms with E-state index in [1.807, 2.05) is 38.1 Å². The summed E-state index contributed by atoms with van der Waals surface area (Å²) in [5.74, 6) is 1.58. The van der Waals surface area contributed by atoms with Crippen LogP contribution in [0.2, 0.25) is 0 Å². The number of hydrogen-bond donors (Lipinski definition) is 0. The molecule has 3 aromatic rings.